The molecular formula is C22H22F3N5O4. The molecule has 0 bridgehead atoms. The van der Waals surface area contributed by atoms with Crippen LogP contribution in [0.4, 0.5) is 13.2 Å². The van der Waals surface area contributed by atoms with Crippen LogP contribution in [0.25, 0.3) is 22.5 Å². The number of aliphatic hydroxyl groups is 1. The molecule has 3 aromatic heterocycles. The van der Waals surface area contributed by atoms with E-state index in [4.69, 9.17) is 15.0 Å². The fraction of sp³-hybridized carbons (Fsp3) is 0.318. The van der Waals surface area contributed by atoms with Crippen LogP contribution in [0, 0.1) is 5.92 Å². The fourth-order valence-corrected chi connectivity index (χ4v) is 2.97. The highest BCUT2D eigenvalue weighted by atomic mass is 19.4. The molecule has 0 spiro atoms. The molecule has 3 N–H and O–H groups in total. The molecule has 3 aromatic rings. The average Bonchev–Trinajstić information content (AvgIpc) is 3.54. The highest BCUT2D eigenvalue weighted by molar-refractivity contribution is 5.94. The monoisotopic (exact) mass is 477 g/mol. The van der Waals surface area contributed by atoms with Gasteiger partial charge < -0.3 is 20.1 Å². The maximum atomic E-state index is 12.4. The molecule has 0 aromatic carbocycles. The molecule has 0 aliphatic heterocycles. The number of aliphatic carboxylic acids is 1. The first-order valence-electron chi connectivity index (χ1n) is 10.3. The highest BCUT2D eigenvalue weighted by Crippen LogP contribution is 2.32. The Morgan fingerprint density at radius 2 is 1.79 bits per heavy atom. The number of carbonyl (C=O) groups excluding carboxylic acids is 1. The minimum Gasteiger partial charge on any atom is -0.475 e. The Morgan fingerprint density at radius 3 is 2.32 bits per heavy atom. The van der Waals surface area contributed by atoms with Crippen LogP contribution < -0.4 is 5.32 Å². The number of rotatable bonds is 7. The predicted octanol–water partition coefficient (Wildman–Crippen LogP) is 2.77. The lowest BCUT2D eigenvalue weighted by molar-refractivity contribution is -0.192. The van der Waals surface area contributed by atoms with Crippen molar-refractivity contribution in [1.29, 1.82) is 0 Å². The molecule has 3 heterocycles. The van der Waals surface area contributed by atoms with E-state index in [9.17, 15) is 18.0 Å². The topological polar surface area (TPSA) is 130 Å². The fourth-order valence-electron chi connectivity index (χ4n) is 2.97. The van der Waals surface area contributed by atoms with Crippen LogP contribution >= 0.6 is 0 Å². The molecule has 1 saturated carbocycles. The third-order valence-corrected chi connectivity index (χ3v) is 4.83. The lowest BCUT2D eigenvalue weighted by atomic mass is 10.1. The molecule has 0 radical (unpaired) electrons. The number of pyridine rings is 1. The number of alkyl halides is 3. The molecular weight excluding hydrogens is 455 g/mol. The van der Waals surface area contributed by atoms with Crippen LogP contribution in [0.5, 0.6) is 0 Å². The number of hydrogen-bond donors (Lipinski definition) is 3. The Labute approximate surface area is 192 Å². The number of hydrogen-bond acceptors (Lipinski definition) is 6. The summed E-state index contributed by atoms with van der Waals surface area (Å²) < 4.78 is 33.7. The van der Waals surface area contributed by atoms with Gasteiger partial charge in [0.1, 0.15) is 5.69 Å². The van der Waals surface area contributed by atoms with Crippen molar-refractivity contribution < 1.29 is 33.0 Å². The largest absolute Gasteiger partial charge is 0.490 e. The summed E-state index contributed by atoms with van der Waals surface area (Å²) in [6.45, 7) is 0.994. The molecule has 1 amide bonds. The van der Waals surface area contributed by atoms with Crippen LogP contribution in [0.3, 0.4) is 0 Å². The average molecular weight is 477 g/mol. The number of aliphatic hydroxyl groups excluding tert-OH is 1. The normalized spacial score (nSPS) is 13.1. The van der Waals surface area contributed by atoms with Crippen LogP contribution in [0.15, 0.2) is 49.2 Å². The van der Waals surface area contributed by atoms with Crippen molar-refractivity contribution in [3.8, 4) is 22.5 Å². The van der Waals surface area contributed by atoms with E-state index in [1.54, 1.807) is 24.8 Å². The SMILES string of the molecule is O=C(NCCO)c1cc(-c2cnc(-c3cccnc3)nc2)cn1CC1CC1.O=C(O)C(F)(F)F. The number of carboxylic acids is 1. The summed E-state index contributed by atoms with van der Waals surface area (Å²) in [6, 6.07) is 5.62. The van der Waals surface area contributed by atoms with Crippen LogP contribution in [-0.4, -0.2) is 60.9 Å². The number of carbonyl (C=O) groups is 2. The van der Waals surface area contributed by atoms with Gasteiger partial charge in [-0.05, 0) is 37.0 Å². The molecule has 180 valence electrons. The Bertz CT molecular complexity index is 1110. The summed E-state index contributed by atoms with van der Waals surface area (Å²) in [6.07, 6.45) is 6.27. The zero-order valence-electron chi connectivity index (χ0n) is 17.9. The van der Waals surface area contributed by atoms with Crippen LogP contribution in [0.2, 0.25) is 0 Å². The van der Waals surface area contributed by atoms with Crippen molar-refractivity contribution in [2.24, 2.45) is 5.92 Å². The molecule has 1 aliphatic rings. The third kappa shape index (κ3) is 6.85. The molecule has 0 saturated heterocycles. The quantitative estimate of drug-likeness (QED) is 0.477. The van der Waals surface area contributed by atoms with Crippen LogP contribution in [0.1, 0.15) is 23.3 Å². The van der Waals surface area contributed by atoms with Gasteiger partial charge in [-0.3, -0.25) is 9.78 Å². The second kappa shape index (κ2) is 10.9. The van der Waals surface area contributed by atoms with Crippen molar-refractivity contribution in [3.63, 3.8) is 0 Å². The Morgan fingerprint density at radius 1 is 1.12 bits per heavy atom. The van der Waals surface area contributed by atoms with E-state index in [1.165, 1.54) is 12.8 Å². The standard InChI is InChI=1S/C20H21N5O2.C2HF3O2/c26-7-6-22-20(27)18-8-16(13-25(18)12-14-3-4-14)17-10-23-19(24-11-17)15-2-1-5-21-9-15;3-2(4,5)1(6)7/h1-2,5,8-11,13-14,26H,3-4,6-7,12H2,(H,22,27);(H,6,7). The number of amides is 1. The molecule has 1 aliphatic carbocycles. The smallest absolute Gasteiger partial charge is 0.475 e. The first kappa shape index (κ1) is 24.8. The number of carboxylic acid groups (broad SMARTS) is 1. The summed E-state index contributed by atoms with van der Waals surface area (Å²) in [5.41, 5.74) is 3.22. The van der Waals surface area contributed by atoms with Gasteiger partial charge in [-0.25, -0.2) is 14.8 Å². The zero-order chi connectivity index (χ0) is 24.7. The van der Waals surface area contributed by atoms with E-state index in [0.29, 0.717) is 17.4 Å². The molecule has 34 heavy (non-hydrogen) atoms. The minimum absolute atomic E-state index is 0.0778. The second-order valence-corrected chi connectivity index (χ2v) is 7.53. The van der Waals surface area contributed by atoms with Crippen LogP contribution in [-0.2, 0) is 11.3 Å². The first-order valence-corrected chi connectivity index (χ1v) is 10.3. The Hall–Kier alpha value is -3.80. The summed E-state index contributed by atoms with van der Waals surface area (Å²) in [7, 11) is 0. The Kier molecular flexibility index (Phi) is 7.95. The van der Waals surface area contributed by atoms with Crippen molar-refractivity contribution in [2.45, 2.75) is 25.6 Å². The lowest BCUT2D eigenvalue weighted by Crippen LogP contribution is -2.28. The van der Waals surface area contributed by atoms with Crippen molar-refractivity contribution in [1.82, 2.24) is 24.8 Å². The van der Waals surface area contributed by atoms with Gasteiger partial charge >= 0.3 is 12.1 Å². The van der Waals surface area contributed by atoms with Gasteiger partial charge in [0.2, 0.25) is 0 Å². The van der Waals surface area contributed by atoms with Crippen molar-refractivity contribution in [2.75, 3.05) is 13.2 Å². The molecule has 9 nitrogen and oxygen atoms in total. The number of aromatic nitrogens is 4. The predicted molar refractivity (Wildman–Crippen MR) is 115 cm³/mol. The first-order chi connectivity index (χ1) is 16.2. The van der Waals surface area contributed by atoms with Gasteiger partial charge in [-0.1, -0.05) is 0 Å². The molecule has 0 atom stereocenters. The number of halogens is 3. The second-order valence-electron chi connectivity index (χ2n) is 7.53. The van der Waals surface area contributed by atoms with E-state index in [2.05, 4.69) is 20.3 Å². The van der Waals surface area contributed by atoms with E-state index >= 15 is 0 Å². The minimum atomic E-state index is -5.08. The van der Waals surface area contributed by atoms with E-state index in [-0.39, 0.29) is 19.1 Å². The lowest BCUT2D eigenvalue weighted by Gasteiger charge is -2.08. The summed E-state index contributed by atoms with van der Waals surface area (Å²) in [4.78, 5) is 34.3. The maximum absolute atomic E-state index is 12.4. The number of nitrogens with zero attached hydrogens (tertiary/aromatic N) is 4. The summed E-state index contributed by atoms with van der Waals surface area (Å²) in [5.74, 6) is -1.68. The molecule has 4 rings (SSSR count). The van der Waals surface area contributed by atoms with Gasteiger partial charge in [0.25, 0.3) is 5.91 Å². The van der Waals surface area contributed by atoms with Crippen molar-refractivity contribution in [3.05, 3.63) is 54.9 Å². The summed E-state index contributed by atoms with van der Waals surface area (Å²) in [5, 5.41) is 18.8. The highest BCUT2D eigenvalue weighted by Gasteiger charge is 2.38. The molecule has 12 heteroatoms. The zero-order valence-corrected chi connectivity index (χ0v) is 17.9. The van der Waals surface area contributed by atoms with E-state index in [0.717, 1.165) is 23.2 Å². The third-order valence-electron chi connectivity index (χ3n) is 4.83. The van der Waals surface area contributed by atoms with E-state index < -0.39 is 12.1 Å². The van der Waals surface area contributed by atoms with Gasteiger partial charge in [0.15, 0.2) is 5.82 Å². The molecule has 1 fully saturated rings. The number of nitrogens with one attached hydrogen (secondary N) is 1. The van der Waals surface area contributed by atoms with Gasteiger partial charge in [-0.2, -0.15) is 13.2 Å². The molecule has 0 unspecified atom stereocenters. The maximum Gasteiger partial charge on any atom is 0.490 e. The van der Waals surface area contributed by atoms with Gasteiger partial charge in [-0.15, -0.1) is 0 Å². The van der Waals surface area contributed by atoms with Crippen molar-refractivity contribution >= 4 is 11.9 Å². The summed E-state index contributed by atoms with van der Waals surface area (Å²) >= 11 is 0. The van der Waals surface area contributed by atoms with E-state index in [1.807, 2.05) is 29.0 Å². The van der Waals surface area contributed by atoms with Gasteiger partial charge in [0, 0.05) is 60.8 Å². The van der Waals surface area contributed by atoms with Gasteiger partial charge in [0.05, 0.1) is 6.61 Å². The Balaban J connectivity index is 0.000000406.